The van der Waals surface area contributed by atoms with Gasteiger partial charge in [-0.2, -0.15) is 5.10 Å². The van der Waals surface area contributed by atoms with Crippen LogP contribution in [0.3, 0.4) is 0 Å². The van der Waals surface area contributed by atoms with Gasteiger partial charge in [-0.1, -0.05) is 6.07 Å². The Labute approximate surface area is 153 Å². The lowest BCUT2D eigenvalue weighted by molar-refractivity contribution is -0.123. The number of rotatable bonds is 5. The second kappa shape index (κ2) is 6.76. The minimum atomic E-state index is -0.256. The number of carbonyl (C=O) groups is 1. The molecule has 2 aliphatic rings. The highest BCUT2D eigenvalue weighted by atomic mass is 16.5. The van der Waals surface area contributed by atoms with Gasteiger partial charge in [-0.25, -0.2) is 0 Å². The number of nitrogens with zero attached hydrogens (tertiary/aromatic N) is 2. The molecule has 4 rings (SSSR count). The molecule has 0 radical (unpaired) electrons. The Morgan fingerprint density at radius 1 is 1.38 bits per heavy atom. The van der Waals surface area contributed by atoms with Crippen molar-refractivity contribution in [3.05, 3.63) is 46.8 Å². The highest BCUT2D eigenvalue weighted by molar-refractivity contribution is 5.76. The minimum absolute atomic E-state index is 0.0562. The van der Waals surface area contributed by atoms with Gasteiger partial charge in [0.05, 0.1) is 24.4 Å². The largest absolute Gasteiger partial charge is 0.493 e. The van der Waals surface area contributed by atoms with Gasteiger partial charge in [0.2, 0.25) is 5.91 Å². The van der Waals surface area contributed by atoms with Crippen molar-refractivity contribution in [2.24, 2.45) is 5.92 Å². The zero-order valence-electron chi connectivity index (χ0n) is 15.2. The first kappa shape index (κ1) is 17.1. The van der Waals surface area contributed by atoms with E-state index in [0.717, 1.165) is 48.6 Å². The average Bonchev–Trinajstić information content (AvgIpc) is 3.15. The van der Waals surface area contributed by atoms with Gasteiger partial charge in [0.1, 0.15) is 12.3 Å². The van der Waals surface area contributed by atoms with Gasteiger partial charge in [0.25, 0.3) is 0 Å². The maximum absolute atomic E-state index is 12.7. The molecule has 1 amide bonds. The van der Waals surface area contributed by atoms with E-state index in [1.54, 1.807) is 4.68 Å². The van der Waals surface area contributed by atoms with E-state index >= 15 is 0 Å². The van der Waals surface area contributed by atoms with Gasteiger partial charge < -0.3 is 15.2 Å². The number of aliphatic hydroxyl groups is 1. The van der Waals surface area contributed by atoms with Crippen molar-refractivity contribution in [1.29, 1.82) is 0 Å². The standard InChI is InChI=1S/C20H25N3O3/c1-12-7-13(2)23(22-12)11-19(25)21-20(16-9-17(24)10-16)15-3-4-18-14(8-15)5-6-26-18/h3-4,7-8,16-17,20,24H,5-6,9-11H2,1-2H3,(H,21,25)/t16?,17?,20-/m0/s1. The van der Waals surface area contributed by atoms with Crippen molar-refractivity contribution < 1.29 is 14.6 Å². The molecule has 1 atom stereocenters. The normalized spacial score (nSPS) is 22.3. The van der Waals surface area contributed by atoms with Crippen LogP contribution in [0.2, 0.25) is 0 Å². The lowest BCUT2D eigenvalue weighted by atomic mass is 9.75. The second-order valence-electron chi connectivity index (χ2n) is 7.48. The zero-order valence-corrected chi connectivity index (χ0v) is 15.2. The van der Waals surface area contributed by atoms with E-state index in [1.807, 2.05) is 32.0 Å². The van der Waals surface area contributed by atoms with Gasteiger partial charge in [-0.3, -0.25) is 9.48 Å². The van der Waals surface area contributed by atoms with Crippen LogP contribution in [0.5, 0.6) is 5.75 Å². The molecule has 6 heteroatoms. The first-order valence-corrected chi connectivity index (χ1v) is 9.23. The molecule has 0 spiro atoms. The van der Waals surface area contributed by atoms with Gasteiger partial charge in [-0.05, 0) is 61.9 Å². The predicted molar refractivity (Wildman–Crippen MR) is 97.0 cm³/mol. The predicted octanol–water partition coefficient (Wildman–Crippen LogP) is 2.06. The Hall–Kier alpha value is -2.34. The van der Waals surface area contributed by atoms with Crippen molar-refractivity contribution in [1.82, 2.24) is 15.1 Å². The second-order valence-corrected chi connectivity index (χ2v) is 7.48. The molecule has 1 saturated carbocycles. The summed E-state index contributed by atoms with van der Waals surface area (Å²) in [7, 11) is 0. The van der Waals surface area contributed by atoms with Gasteiger partial charge in [0, 0.05) is 12.1 Å². The average molecular weight is 355 g/mol. The van der Waals surface area contributed by atoms with Gasteiger partial charge in [-0.15, -0.1) is 0 Å². The van der Waals surface area contributed by atoms with Crippen molar-refractivity contribution >= 4 is 5.91 Å². The molecule has 1 aromatic carbocycles. The molecule has 2 heterocycles. The molecule has 0 saturated heterocycles. The SMILES string of the molecule is Cc1cc(C)n(CC(=O)N[C@@H](c2ccc3c(c2)CCO3)C2CC(O)C2)n1. The molecule has 1 aliphatic heterocycles. The van der Waals surface area contributed by atoms with Crippen LogP contribution in [0.25, 0.3) is 0 Å². The first-order chi connectivity index (χ1) is 12.5. The number of aryl methyl sites for hydroxylation is 2. The summed E-state index contributed by atoms with van der Waals surface area (Å²) < 4.78 is 7.32. The van der Waals surface area contributed by atoms with Crippen molar-refractivity contribution in [3.8, 4) is 5.75 Å². The summed E-state index contributed by atoms with van der Waals surface area (Å²) in [6.07, 6.45) is 2.09. The molecule has 26 heavy (non-hydrogen) atoms. The van der Waals surface area contributed by atoms with Crippen molar-refractivity contribution in [2.45, 2.75) is 51.8 Å². The Bertz CT molecular complexity index is 824. The number of amides is 1. The van der Waals surface area contributed by atoms with E-state index in [-0.39, 0.29) is 30.5 Å². The minimum Gasteiger partial charge on any atom is -0.493 e. The zero-order chi connectivity index (χ0) is 18.3. The number of aromatic nitrogens is 2. The Morgan fingerprint density at radius 2 is 2.19 bits per heavy atom. The quantitative estimate of drug-likeness (QED) is 0.861. The van der Waals surface area contributed by atoms with Crippen LogP contribution in [0, 0.1) is 19.8 Å². The smallest absolute Gasteiger partial charge is 0.242 e. The van der Waals surface area contributed by atoms with Crippen molar-refractivity contribution in [2.75, 3.05) is 6.61 Å². The summed E-state index contributed by atoms with van der Waals surface area (Å²) in [4.78, 5) is 12.7. The molecule has 2 N–H and O–H groups in total. The molecule has 1 fully saturated rings. The summed E-state index contributed by atoms with van der Waals surface area (Å²) in [6, 6.07) is 8.04. The Kier molecular flexibility index (Phi) is 4.44. The van der Waals surface area contributed by atoms with Crippen molar-refractivity contribution in [3.63, 3.8) is 0 Å². The van der Waals surface area contributed by atoms with Crippen LogP contribution in [0.1, 0.15) is 41.4 Å². The molecule has 2 aromatic rings. The molecule has 6 nitrogen and oxygen atoms in total. The number of fused-ring (bicyclic) bond motifs is 1. The highest BCUT2D eigenvalue weighted by Gasteiger charge is 2.36. The Balaban J connectivity index is 1.52. The maximum atomic E-state index is 12.7. The summed E-state index contributed by atoms with van der Waals surface area (Å²) >= 11 is 0. The van der Waals surface area contributed by atoms with Crippen LogP contribution in [-0.4, -0.2) is 33.5 Å². The van der Waals surface area contributed by atoms with E-state index in [4.69, 9.17) is 4.74 Å². The van der Waals surface area contributed by atoms with Crippen LogP contribution < -0.4 is 10.1 Å². The summed E-state index contributed by atoms with van der Waals surface area (Å²) in [5.74, 6) is 1.14. The highest BCUT2D eigenvalue weighted by Crippen LogP contribution is 2.39. The first-order valence-electron chi connectivity index (χ1n) is 9.23. The van der Waals surface area contributed by atoms with Crippen LogP contribution >= 0.6 is 0 Å². The molecule has 1 aliphatic carbocycles. The van der Waals surface area contributed by atoms with E-state index in [9.17, 15) is 9.90 Å². The maximum Gasteiger partial charge on any atom is 0.242 e. The van der Waals surface area contributed by atoms with Crippen LogP contribution in [-0.2, 0) is 17.8 Å². The fraction of sp³-hybridized carbons (Fsp3) is 0.500. The number of aliphatic hydroxyl groups excluding tert-OH is 1. The topological polar surface area (TPSA) is 76.4 Å². The van der Waals surface area contributed by atoms with Crippen LogP contribution in [0.4, 0.5) is 0 Å². The molecule has 0 bridgehead atoms. The molecule has 0 unspecified atom stereocenters. The molecule has 138 valence electrons. The number of carbonyl (C=O) groups excluding carboxylic acids is 1. The van der Waals surface area contributed by atoms with E-state index in [2.05, 4.69) is 16.5 Å². The Morgan fingerprint density at radius 3 is 2.88 bits per heavy atom. The van der Waals surface area contributed by atoms with Gasteiger partial charge in [0.15, 0.2) is 0 Å². The number of hydrogen-bond donors (Lipinski definition) is 2. The lowest BCUT2D eigenvalue weighted by Gasteiger charge is -2.38. The summed E-state index contributed by atoms with van der Waals surface area (Å²) in [6.45, 7) is 4.80. The van der Waals surface area contributed by atoms with Gasteiger partial charge >= 0.3 is 0 Å². The third kappa shape index (κ3) is 3.33. The molecular formula is C20H25N3O3. The van der Waals surface area contributed by atoms with E-state index in [0.29, 0.717) is 0 Å². The third-order valence-electron chi connectivity index (χ3n) is 5.41. The summed E-state index contributed by atoms with van der Waals surface area (Å²) in [5.41, 5.74) is 4.17. The van der Waals surface area contributed by atoms with Crippen LogP contribution in [0.15, 0.2) is 24.3 Å². The number of ether oxygens (including phenoxy) is 1. The van der Waals surface area contributed by atoms with E-state index < -0.39 is 0 Å². The monoisotopic (exact) mass is 355 g/mol. The number of nitrogens with one attached hydrogen (secondary N) is 1. The van der Waals surface area contributed by atoms with E-state index in [1.165, 1.54) is 5.56 Å². The lowest BCUT2D eigenvalue weighted by Crippen LogP contribution is -2.42. The number of hydrogen-bond acceptors (Lipinski definition) is 4. The fourth-order valence-electron chi connectivity index (χ4n) is 3.97. The fourth-order valence-corrected chi connectivity index (χ4v) is 3.97. The molecule has 1 aromatic heterocycles. The number of benzene rings is 1. The summed E-state index contributed by atoms with van der Waals surface area (Å²) in [5, 5.41) is 17.3. The molecular weight excluding hydrogens is 330 g/mol. The third-order valence-corrected chi connectivity index (χ3v) is 5.41.